The second kappa shape index (κ2) is 11.3. The molecule has 1 unspecified atom stereocenters. The summed E-state index contributed by atoms with van der Waals surface area (Å²) in [5.41, 5.74) is 2.99. The number of pyridine rings is 2. The molecule has 1 aromatic carbocycles. The monoisotopic (exact) mass is 538 g/mol. The molecule has 10 heteroatoms. The summed E-state index contributed by atoms with van der Waals surface area (Å²) >= 11 is 0. The Morgan fingerprint density at radius 3 is 2.65 bits per heavy atom. The van der Waals surface area contributed by atoms with E-state index in [0.29, 0.717) is 30.1 Å². The zero-order valence-corrected chi connectivity index (χ0v) is 22.3. The molecule has 2 fully saturated rings. The zero-order chi connectivity index (χ0) is 27.5. The van der Waals surface area contributed by atoms with Crippen LogP contribution in [0.3, 0.4) is 0 Å². The number of piperidine rings is 1. The molecule has 0 N–H and O–H groups in total. The van der Waals surface area contributed by atoms with Gasteiger partial charge in [0.05, 0.1) is 37.0 Å². The number of nitrogens with zero attached hydrogens (tertiary/aromatic N) is 6. The molecule has 0 bridgehead atoms. The third-order valence-electron chi connectivity index (χ3n) is 7.32. The molecule has 6 rings (SSSR count). The van der Waals surface area contributed by atoms with Crippen LogP contribution in [0.15, 0.2) is 54.7 Å². The summed E-state index contributed by atoms with van der Waals surface area (Å²) in [6.45, 7) is 4.72. The Bertz CT molecular complexity index is 1530. The van der Waals surface area contributed by atoms with Crippen molar-refractivity contribution in [2.45, 2.75) is 32.3 Å². The fraction of sp³-hybridized carbons (Fsp3) is 0.367. The average Bonchev–Trinajstić information content (AvgIpc) is 3.66. The van der Waals surface area contributed by atoms with Crippen LogP contribution in [0.1, 0.15) is 36.7 Å². The van der Waals surface area contributed by atoms with Crippen LogP contribution in [0.25, 0.3) is 27.8 Å². The van der Waals surface area contributed by atoms with E-state index >= 15 is 0 Å². The third-order valence-corrected chi connectivity index (χ3v) is 7.32. The maximum absolute atomic E-state index is 12.9. The molecule has 1 atom stereocenters. The lowest BCUT2D eigenvalue weighted by atomic mass is 9.98. The largest absolute Gasteiger partial charge is 0.470 e. The highest BCUT2D eigenvalue weighted by Gasteiger charge is 2.27. The maximum Gasteiger partial charge on any atom is 0.357 e. The summed E-state index contributed by atoms with van der Waals surface area (Å²) in [5.74, 6) is 0.875. The van der Waals surface area contributed by atoms with Gasteiger partial charge in [0, 0.05) is 42.8 Å². The summed E-state index contributed by atoms with van der Waals surface area (Å²) in [6.07, 6.45) is 4.10. The van der Waals surface area contributed by atoms with Crippen LogP contribution in [0.5, 0.6) is 5.88 Å². The van der Waals surface area contributed by atoms with Gasteiger partial charge in [-0.1, -0.05) is 18.2 Å². The highest BCUT2D eigenvalue weighted by Crippen LogP contribution is 2.37. The van der Waals surface area contributed by atoms with Crippen molar-refractivity contribution in [1.29, 1.82) is 5.26 Å². The molecule has 0 aliphatic carbocycles. The Kier molecular flexibility index (Phi) is 7.29. The fourth-order valence-corrected chi connectivity index (χ4v) is 5.19. The van der Waals surface area contributed by atoms with Gasteiger partial charge in [-0.3, -0.25) is 0 Å². The molecule has 0 radical (unpaired) electrons. The Balaban J connectivity index is 1.47. The predicted molar refractivity (Wildman–Crippen MR) is 148 cm³/mol. The van der Waals surface area contributed by atoms with Crippen molar-refractivity contribution in [3.8, 4) is 28.8 Å². The van der Waals surface area contributed by atoms with Gasteiger partial charge < -0.3 is 19.1 Å². The topological polar surface area (TPSA) is 115 Å². The number of benzene rings is 1. The lowest BCUT2D eigenvalue weighted by Crippen LogP contribution is -2.33. The summed E-state index contributed by atoms with van der Waals surface area (Å²) in [5, 5.41) is 14.8. The van der Waals surface area contributed by atoms with Crippen molar-refractivity contribution >= 4 is 22.8 Å². The van der Waals surface area contributed by atoms with E-state index < -0.39 is 5.97 Å². The molecule has 4 aromatic rings. The number of esters is 1. The van der Waals surface area contributed by atoms with Crippen molar-refractivity contribution in [2.24, 2.45) is 5.92 Å². The summed E-state index contributed by atoms with van der Waals surface area (Å²) in [7, 11) is 0. The number of anilines is 1. The number of hydrogen-bond donors (Lipinski definition) is 0. The molecule has 10 nitrogen and oxygen atoms in total. The number of fused-ring (bicyclic) bond motifs is 1. The summed E-state index contributed by atoms with van der Waals surface area (Å²) in [4.78, 5) is 24.6. The molecule has 0 saturated carbocycles. The maximum atomic E-state index is 12.9. The van der Waals surface area contributed by atoms with E-state index in [1.165, 1.54) is 0 Å². The molecule has 204 valence electrons. The van der Waals surface area contributed by atoms with Crippen molar-refractivity contribution < 1.29 is 19.0 Å². The number of nitriles is 1. The van der Waals surface area contributed by atoms with E-state index in [2.05, 4.69) is 11.0 Å². The first-order chi connectivity index (χ1) is 19.6. The van der Waals surface area contributed by atoms with Crippen LogP contribution in [-0.2, 0) is 9.47 Å². The molecule has 40 heavy (non-hydrogen) atoms. The first-order valence-electron chi connectivity index (χ1n) is 13.7. The number of carbonyl (C=O) groups excluding carboxylic acids is 1. The van der Waals surface area contributed by atoms with E-state index in [1.807, 2.05) is 42.5 Å². The Hall–Kier alpha value is -4.49. The minimum absolute atomic E-state index is 0.103. The van der Waals surface area contributed by atoms with Crippen molar-refractivity contribution in [2.75, 3.05) is 37.8 Å². The van der Waals surface area contributed by atoms with Crippen LogP contribution in [0, 0.1) is 17.2 Å². The van der Waals surface area contributed by atoms with Crippen LogP contribution in [0.2, 0.25) is 0 Å². The SMILES string of the molecule is CCOC(=O)c1cc(-c2ccc(N3CCC(C#N)CC3)nc2)c2c(OC3CCOC3)nn(-c3ccccc3)c2n1. The van der Waals surface area contributed by atoms with Gasteiger partial charge in [0.15, 0.2) is 11.3 Å². The summed E-state index contributed by atoms with van der Waals surface area (Å²) < 4.78 is 18.9. The molecule has 5 heterocycles. The minimum Gasteiger partial charge on any atom is -0.470 e. The van der Waals surface area contributed by atoms with Gasteiger partial charge in [0.1, 0.15) is 11.9 Å². The third kappa shape index (κ3) is 5.08. The fourth-order valence-electron chi connectivity index (χ4n) is 5.19. The van der Waals surface area contributed by atoms with Gasteiger partial charge in [-0.25, -0.2) is 19.4 Å². The van der Waals surface area contributed by atoms with Crippen LogP contribution in [-0.4, -0.2) is 64.7 Å². The molecule has 0 spiro atoms. The molecular weight excluding hydrogens is 508 g/mol. The van der Waals surface area contributed by atoms with E-state index in [1.54, 1.807) is 23.9 Å². The lowest BCUT2D eigenvalue weighted by Gasteiger charge is -2.30. The first-order valence-corrected chi connectivity index (χ1v) is 13.7. The van der Waals surface area contributed by atoms with Gasteiger partial charge >= 0.3 is 5.97 Å². The number of ether oxygens (including phenoxy) is 3. The Morgan fingerprint density at radius 1 is 1.15 bits per heavy atom. The summed E-state index contributed by atoms with van der Waals surface area (Å²) in [6, 6.07) is 17.7. The van der Waals surface area contributed by atoms with Gasteiger partial charge in [0.2, 0.25) is 5.88 Å². The second-order valence-corrected chi connectivity index (χ2v) is 9.93. The van der Waals surface area contributed by atoms with E-state index in [-0.39, 0.29) is 24.3 Å². The zero-order valence-electron chi connectivity index (χ0n) is 22.3. The minimum atomic E-state index is -0.511. The Morgan fingerprint density at radius 2 is 1.98 bits per heavy atom. The van der Waals surface area contributed by atoms with Crippen LogP contribution >= 0.6 is 0 Å². The van der Waals surface area contributed by atoms with Gasteiger partial charge in [-0.15, -0.1) is 5.10 Å². The van der Waals surface area contributed by atoms with Gasteiger partial charge in [0.25, 0.3) is 0 Å². The number of aromatic nitrogens is 4. The van der Waals surface area contributed by atoms with Crippen molar-refractivity contribution in [1.82, 2.24) is 19.7 Å². The Labute approximate surface area is 232 Å². The molecule has 2 aliphatic heterocycles. The van der Waals surface area contributed by atoms with E-state index in [0.717, 1.165) is 55.0 Å². The smallest absolute Gasteiger partial charge is 0.357 e. The quantitative estimate of drug-likeness (QED) is 0.312. The lowest BCUT2D eigenvalue weighted by molar-refractivity contribution is 0.0520. The van der Waals surface area contributed by atoms with Crippen LogP contribution in [0.4, 0.5) is 5.82 Å². The predicted octanol–water partition coefficient (Wildman–Crippen LogP) is 4.57. The van der Waals surface area contributed by atoms with Crippen molar-refractivity contribution in [3.05, 3.63) is 60.4 Å². The van der Waals surface area contributed by atoms with E-state index in [4.69, 9.17) is 29.3 Å². The van der Waals surface area contributed by atoms with Gasteiger partial charge in [-0.05, 0) is 50.1 Å². The first kappa shape index (κ1) is 25.8. The number of rotatable bonds is 7. The molecule has 2 aliphatic rings. The second-order valence-electron chi connectivity index (χ2n) is 9.93. The van der Waals surface area contributed by atoms with Gasteiger partial charge in [-0.2, -0.15) is 5.26 Å². The molecule has 2 saturated heterocycles. The van der Waals surface area contributed by atoms with Crippen LogP contribution < -0.4 is 9.64 Å². The molecular formula is C30H30N6O4. The normalized spacial score (nSPS) is 17.6. The molecule has 3 aromatic heterocycles. The highest BCUT2D eigenvalue weighted by atomic mass is 16.6. The average molecular weight is 539 g/mol. The van der Waals surface area contributed by atoms with E-state index in [9.17, 15) is 10.1 Å². The number of carbonyl (C=O) groups is 1. The van der Waals surface area contributed by atoms with Crippen molar-refractivity contribution in [3.63, 3.8) is 0 Å². The number of hydrogen-bond acceptors (Lipinski definition) is 9. The molecule has 0 amide bonds. The standard InChI is InChI=1S/C30H30N6O4/c1-2-39-30(37)25-16-24(21-8-9-26(32-18-21)35-13-10-20(17-31)11-14-35)27-28(33-25)36(22-6-4-3-5-7-22)34-29(27)40-23-12-15-38-19-23/h3-9,16,18,20,23H,2,10-15,19H2,1H3. The number of para-hydroxylation sites is 1. The highest BCUT2D eigenvalue weighted by molar-refractivity contribution is 6.01.